The molecule has 3 amide bonds. The van der Waals surface area contributed by atoms with Gasteiger partial charge in [0.25, 0.3) is 5.91 Å². The van der Waals surface area contributed by atoms with Crippen LogP contribution in [0.1, 0.15) is 92.3 Å². The summed E-state index contributed by atoms with van der Waals surface area (Å²) >= 11 is 0. The molecule has 1 saturated heterocycles. The van der Waals surface area contributed by atoms with Crippen LogP contribution in [0.25, 0.3) is 0 Å². The molecule has 36 heavy (non-hydrogen) atoms. The van der Waals surface area contributed by atoms with Crippen LogP contribution in [-0.2, 0) is 21.5 Å². The first-order valence-corrected chi connectivity index (χ1v) is 13.1. The van der Waals surface area contributed by atoms with Crippen LogP contribution >= 0.6 is 0 Å². The molecule has 1 aromatic heterocycles. The molecule has 0 spiro atoms. The van der Waals surface area contributed by atoms with E-state index in [1.165, 1.54) is 6.92 Å². The number of likely N-dealkylation sites (tertiary alicyclic amines) is 1. The molecule has 2 fully saturated rings. The molecular formula is C27H37N5O4. The molecule has 2 aromatic rings. The summed E-state index contributed by atoms with van der Waals surface area (Å²) in [7, 11) is 0. The summed E-state index contributed by atoms with van der Waals surface area (Å²) in [6.07, 6.45) is 7.97. The van der Waals surface area contributed by atoms with E-state index in [9.17, 15) is 14.4 Å². The van der Waals surface area contributed by atoms with E-state index in [4.69, 9.17) is 4.52 Å². The normalized spacial score (nSPS) is 18.3. The number of aromatic nitrogens is 2. The highest BCUT2D eigenvalue weighted by Crippen LogP contribution is 2.34. The van der Waals surface area contributed by atoms with Gasteiger partial charge in [0, 0.05) is 44.5 Å². The predicted octanol–water partition coefficient (Wildman–Crippen LogP) is 3.42. The van der Waals surface area contributed by atoms with Crippen molar-refractivity contribution in [3.8, 4) is 0 Å². The van der Waals surface area contributed by atoms with E-state index in [0.717, 1.165) is 56.9 Å². The summed E-state index contributed by atoms with van der Waals surface area (Å²) in [4.78, 5) is 43.7. The van der Waals surface area contributed by atoms with E-state index >= 15 is 0 Å². The van der Waals surface area contributed by atoms with Gasteiger partial charge in [0.2, 0.25) is 17.7 Å². The van der Waals surface area contributed by atoms with Gasteiger partial charge in [-0.2, -0.15) is 4.98 Å². The van der Waals surface area contributed by atoms with Crippen LogP contribution in [-0.4, -0.2) is 51.9 Å². The van der Waals surface area contributed by atoms with Crippen molar-refractivity contribution in [1.29, 1.82) is 0 Å². The highest BCUT2D eigenvalue weighted by Gasteiger charge is 2.38. The Morgan fingerprint density at radius 1 is 1.08 bits per heavy atom. The highest BCUT2D eigenvalue weighted by molar-refractivity contribution is 5.95. The van der Waals surface area contributed by atoms with E-state index in [1.54, 1.807) is 0 Å². The number of carbonyl (C=O) groups is 3. The van der Waals surface area contributed by atoms with Gasteiger partial charge in [-0.1, -0.05) is 49.0 Å². The maximum atomic E-state index is 12.8. The lowest BCUT2D eigenvalue weighted by atomic mass is 9.89. The Bertz CT molecular complexity index is 1070. The van der Waals surface area contributed by atoms with E-state index in [2.05, 4.69) is 20.8 Å². The monoisotopic (exact) mass is 495 g/mol. The minimum atomic E-state index is -0.585. The van der Waals surface area contributed by atoms with Crippen molar-refractivity contribution in [2.45, 2.75) is 89.6 Å². The Kier molecular flexibility index (Phi) is 8.38. The molecule has 9 nitrogen and oxygen atoms in total. The van der Waals surface area contributed by atoms with Crippen LogP contribution in [0.2, 0.25) is 0 Å². The average Bonchev–Trinajstić information content (AvgIpc) is 3.23. The molecule has 4 rings (SSSR count). The lowest BCUT2D eigenvalue weighted by Gasteiger charge is -2.32. The van der Waals surface area contributed by atoms with E-state index in [1.807, 2.05) is 36.1 Å². The number of carbonyl (C=O) groups excluding carboxylic acids is 3. The van der Waals surface area contributed by atoms with Crippen LogP contribution in [0.3, 0.4) is 0 Å². The zero-order valence-electron chi connectivity index (χ0n) is 21.3. The van der Waals surface area contributed by atoms with Crippen molar-refractivity contribution >= 4 is 17.7 Å². The summed E-state index contributed by atoms with van der Waals surface area (Å²) < 4.78 is 5.48. The number of benzene rings is 1. The van der Waals surface area contributed by atoms with Gasteiger partial charge >= 0.3 is 0 Å². The average molecular weight is 496 g/mol. The third-order valence-corrected chi connectivity index (χ3v) is 7.39. The number of nitrogens with one attached hydrogen (secondary N) is 2. The molecule has 0 atom stereocenters. The lowest BCUT2D eigenvalue weighted by Crippen LogP contribution is -2.46. The summed E-state index contributed by atoms with van der Waals surface area (Å²) in [6, 6.07) is 7.61. The molecule has 0 bridgehead atoms. The summed E-state index contributed by atoms with van der Waals surface area (Å²) in [5, 5.41) is 10.4. The van der Waals surface area contributed by atoms with Crippen molar-refractivity contribution in [3.05, 3.63) is 47.1 Å². The molecule has 194 valence electrons. The first kappa shape index (κ1) is 25.9. The van der Waals surface area contributed by atoms with Gasteiger partial charge < -0.3 is 20.1 Å². The Morgan fingerprint density at radius 3 is 2.44 bits per heavy atom. The van der Waals surface area contributed by atoms with Crippen molar-refractivity contribution in [2.75, 3.05) is 13.1 Å². The molecule has 1 aliphatic heterocycles. The maximum Gasteiger partial charge on any atom is 0.251 e. The van der Waals surface area contributed by atoms with E-state index in [0.29, 0.717) is 36.8 Å². The summed E-state index contributed by atoms with van der Waals surface area (Å²) in [5.74, 6) is 0.831. The molecule has 9 heteroatoms. The molecule has 1 aromatic carbocycles. The van der Waals surface area contributed by atoms with Crippen LogP contribution < -0.4 is 10.6 Å². The lowest BCUT2D eigenvalue weighted by molar-refractivity contribution is -0.132. The van der Waals surface area contributed by atoms with Crippen LogP contribution in [0.5, 0.6) is 0 Å². The van der Waals surface area contributed by atoms with Crippen molar-refractivity contribution in [1.82, 2.24) is 25.7 Å². The van der Waals surface area contributed by atoms with Gasteiger partial charge in [-0.15, -0.1) is 0 Å². The smallest absolute Gasteiger partial charge is 0.251 e. The summed E-state index contributed by atoms with van der Waals surface area (Å²) in [6.45, 7) is 4.67. The Hall–Kier alpha value is -3.23. The van der Waals surface area contributed by atoms with Crippen LogP contribution in [0, 0.1) is 6.92 Å². The first-order valence-electron chi connectivity index (χ1n) is 13.1. The SMILES string of the molecule is CC(=O)NC1(c2noc(CCC(=O)N3CCC(NC(=O)c4ccccc4C)CC3)n2)CCCCCC1. The fourth-order valence-electron chi connectivity index (χ4n) is 5.36. The third kappa shape index (κ3) is 6.30. The Morgan fingerprint density at radius 2 is 1.78 bits per heavy atom. The second-order valence-corrected chi connectivity index (χ2v) is 10.1. The predicted molar refractivity (Wildman–Crippen MR) is 134 cm³/mol. The largest absolute Gasteiger partial charge is 0.349 e. The molecular weight excluding hydrogens is 458 g/mol. The third-order valence-electron chi connectivity index (χ3n) is 7.39. The second kappa shape index (κ2) is 11.7. The van der Waals surface area contributed by atoms with Crippen molar-refractivity contribution in [2.24, 2.45) is 0 Å². The van der Waals surface area contributed by atoms with Crippen molar-refractivity contribution < 1.29 is 18.9 Å². The minimum Gasteiger partial charge on any atom is -0.349 e. The van der Waals surface area contributed by atoms with Gasteiger partial charge in [-0.25, -0.2) is 0 Å². The second-order valence-electron chi connectivity index (χ2n) is 10.1. The fraction of sp³-hybridized carbons (Fsp3) is 0.593. The number of aryl methyl sites for hydroxylation is 2. The van der Waals surface area contributed by atoms with Gasteiger partial charge in [0.1, 0.15) is 5.54 Å². The zero-order valence-corrected chi connectivity index (χ0v) is 21.3. The number of piperidine rings is 1. The topological polar surface area (TPSA) is 117 Å². The molecule has 0 unspecified atom stereocenters. The Labute approximate surface area is 212 Å². The minimum absolute atomic E-state index is 0.0458. The number of hydrogen-bond donors (Lipinski definition) is 2. The number of amides is 3. The molecule has 0 radical (unpaired) electrons. The van der Waals surface area contributed by atoms with E-state index in [-0.39, 0.29) is 30.2 Å². The van der Waals surface area contributed by atoms with Crippen LogP contribution in [0.15, 0.2) is 28.8 Å². The van der Waals surface area contributed by atoms with Crippen LogP contribution in [0.4, 0.5) is 0 Å². The van der Waals surface area contributed by atoms with Gasteiger partial charge in [-0.05, 0) is 44.2 Å². The van der Waals surface area contributed by atoms with Gasteiger partial charge in [0.05, 0.1) is 0 Å². The van der Waals surface area contributed by atoms with Gasteiger partial charge in [0.15, 0.2) is 5.82 Å². The maximum absolute atomic E-state index is 12.8. The summed E-state index contributed by atoms with van der Waals surface area (Å²) in [5.41, 5.74) is 1.06. The molecule has 2 heterocycles. The molecule has 1 saturated carbocycles. The number of nitrogens with zero attached hydrogens (tertiary/aromatic N) is 3. The first-order chi connectivity index (χ1) is 17.4. The Balaban J connectivity index is 1.27. The highest BCUT2D eigenvalue weighted by atomic mass is 16.5. The number of hydrogen-bond acceptors (Lipinski definition) is 6. The molecule has 2 N–H and O–H groups in total. The van der Waals surface area contributed by atoms with Gasteiger partial charge in [-0.3, -0.25) is 14.4 Å². The fourth-order valence-corrected chi connectivity index (χ4v) is 5.36. The quantitative estimate of drug-likeness (QED) is 0.569. The molecule has 1 aliphatic carbocycles. The molecule has 2 aliphatic rings. The number of rotatable bonds is 7. The van der Waals surface area contributed by atoms with Crippen molar-refractivity contribution in [3.63, 3.8) is 0 Å². The standard InChI is InChI=1S/C27H37N5O4/c1-19-9-5-6-10-22(19)25(35)28-21-13-17-32(18-14-21)24(34)12-11-23-29-26(31-36-23)27(30-20(2)33)15-7-3-4-8-16-27/h5-6,9-10,21H,3-4,7-8,11-18H2,1-2H3,(H,28,35)(H,30,33). The van der Waals surface area contributed by atoms with E-state index < -0.39 is 5.54 Å². The zero-order chi connectivity index (χ0) is 25.5.